The second kappa shape index (κ2) is 4.31. The molecule has 1 unspecified atom stereocenters. The number of amides is 1. The Kier molecular flexibility index (Phi) is 3.31. The van der Waals surface area contributed by atoms with E-state index in [2.05, 4.69) is 10.3 Å². The van der Waals surface area contributed by atoms with Crippen LogP contribution in [0.5, 0.6) is 0 Å². The minimum Gasteiger partial charge on any atom is -0.479 e. The van der Waals surface area contributed by atoms with Crippen LogP contribution in [0.15, 0.2) is 6.20 Å². The van der Waals surface area contributed by atoms with Crippen molar-refractivity contribution in [2.24, 2.45) is 7.05 Å². The van der Waals surface area contributed by atoms with Gasteiger partial charge < -0.3 is 15.0 Å². The first-order chi connectivity index (χ1) is 6.93. The van der Waals surface area contributed by atoms with Crippen LogP contribution >= 0.6 is 11.6 Å². The number of carboxylic acid groups (broad SMARTS) is 1. The second-order valence-electron chi connectivity index (χ2n) is 2.97. The average molecular weight is 232 g/mol. The van der Waals surface area contributed by atoms with Crippen molar-refractivity contribution < 1.29 is 14.7 Å². The van der Waals surface area contributed by atoms with Crippen molar-refractivity contribution in [3.8, 4) is 0 Å². The predicted molar refractivity (Wildman–Crippen MR) is 52.4 cm³/mol. The topological polar surface area (TPSA) is 84.2 Å². The average Bonchev–Trinajstić information content (AvgIpc) is 2.44. The van der Waals surface area contributed by atoms with Gasteiger partial charge in [-0.3, -0.25) is 4.79 Å². The van der Waals surface area contributed by atoms with Crippen molar-refractivity contribution in [1.82, 2.24) is 14.9 Å². The first kappa shape index (κ1) is 11.5. The standard InChI is InChI=1S/C8H10ClN3O3/c1-4(13)11-6(8(14)15)7-10-3-5(9)12(7)2/h3,6H,1-2H3,(H,11,13)(H,14,15). The number of rotatable bonds is 3. The van der Waals surface area contributed by atoms with E-state index in [4.69, 9.17) is 16.7 Å². The molecule has 0 radical (unpaired) electrons. The molecule has 1 amide bonds. The zero-order valence-corrected chi connectivity index (χ0v) is 8.95. The fourth-order valence-corrected chi connectivity index (χ4v) is 1.25. The summed E-state index contributed by atoms with van der Waals surface area (Å²) in [6.07, 6.45) is 1.33. The molecule has 0 spiro atoms. The van der Waals surface area contributed by atoms with Gasteiger partial charge in [-0.15, -0.1) is 0 Å². The molecule has 0 aliphatic carbocycles. The van der Waals surface area contributed by atoms with Crippen LogP contribution in [-0.2, 0) is 16.6 Å². The van der Waals surface area contributed by atoms with E-state index in [1.807, 2.05) is 0 Å². The second-order valence-corrected chi connectivity index (χ2v) is 3.36. The van der Waals surface area contributed by atoms with E-state index in [0.29, 0.717) is 5.15 Å². The largest absolute Gasteiger partial charge is 0.479 e. The van der Waals surface area contributed by atoms with Gasteiger partial charge in [0, 0.05) is 14.0 Å². The minimum absolute atomic E-state index is 0.183. The van der Waals surface area contributed by atoms with Crippen LogP contribution in [0.4, 0.5) is 0 Å². The summed E-state index contributed by atoms with van der Waals surface area (Å²) in [6.45, 7) is 1.24. The van der Waals surface area contributed by atoms with Crippen LogP contribution in [0.1, 0.15) is 18.8 Å². The van der Waals surface area contributed by atoms with Crippen molar-refractivity contribution in [2.45, 2.75) is 13.0 Å². The van der Waals surface area contributed by atoms with E-state index in [0.717, 1.165) is 0 Å². The molecule has 1 atom stereocenters. The number of nitrogens with zero attached hydrogens (tertiary/aromatic N) is 2. The van der Waals surface area contributed by atoms with Crippen molar-refractivity contribution in [3.63, 3.8) is 0 Å². The maximum Gasteiger partial charge on any atom is 0.334 e. The Balaban J connectivity index is 3.04. The lowest BCUT2D eigenvalue weighted by Gasteiger charge is -2.12. The van der Waals surface area contributed by atoms with Crippen LogP contribution in [-0.4, -0.2) is 26.5 Å². The first-order valence-electron chi connectivity index (χ1n) is 4.10. The van der Waals surface area contributed by atoms with E-state index >= 15 is 0 Å². The van der Waals surface area contributed by atoms with Crippen molar-refractivity contribution >= 4 is 23.5 Å². The van der Waals surface area contributed by atoms with Crippen LogP contribution < -0.4 is 5.32 Å². The number of carboxylic acids is 1. The van der Waals surface area contributed by atoms with Gasteiger partial charge in [0.1, 0.15) is 11.0 Å². The molecule has 0 aliphatic heterocycles. The lowest BCUT2D eigenvalue weighted by molar-refractivity contribution is -0.142. The lowest BCUT2D eigenvalue weighted by Crippen LogP contribution is -2.33. The Morgan fingerprint density at radius 3 is 2.60 bits per heavy atom. The monoisotopic (exact) mass is 231 g/mol. The van der Waals surface area contributed by atoms with Gasteiger partial charge in [-0.25, -0.2) is 9.78 Å². The molecule has 7 heteroatoms. The molecule has 2 N–H and O–H groups in total. The number of aliphatic carboxylic acids is 1. The quantitative estimate of drug-likeness (QED) is 0.786. The van der Waals surface area contributed by atoms with Gasteiger partial charge in [0.05, 0.1) is 6.20 Å². The molecule has 82 valence electrons. The molecule has 0 fully saturated rings. The number of carbonyl (C=O) groups excluding carboxylic acids is 1. The number of halogens is 1. The van der Waals surface area contributed by atoms with E-state index in [1.54, 1.807) is 7.05 Å². The van der Waals surface area contributed by atoms with E-state index < -0.39 is 17.9 Å². The fraction of sp³-hybridized carbons (Fsp3) is 0.375. The maximum atomic E-state index is 10.9. The van der Waals surface area contributed by atoms with Gasteiger partial charge >= 0.3 is 5.97 Å². The van der Waals surface area contributed by atoms with Crippen molar-refractivity contribution in [2.75, 3.05) is 0 Å². The molecular formula is C8H10ClN3O3. The SMILES string of the molecule is CC(=O)NC(C(=O)O)c1ncc(Cl)n1C. The molecular weight excluding hydrogens is 222 g/mol. The number of aromatic nitrogens is 2. The van der Waals surface area contributed by atoms with Crippen LogP contribution in [0, 0.1) is 0 Å². The molecule has 6 nitrogen and oxygen atoms in total. The molecule has 0 aromatic carbocycles. The Hall–Kier alpha value is -1.56. The van der Waals surface area contributed by atoms with E-state index in [-0.39, 0.29) is 5.82 Å². The van der Waals surface area contributed by atoms with Gasteiger partial charge in [0.15, 0.2) is 6.04 Å². The number of hydrogen-bond acceptors (Lipinski definition) is 3. The minimum atomic E-state index is -1.18. The molecule has 1 aromatic rings. The summed E-state index contributed by atoms with van der Waals surface area (Å²) in [6, 6.07) is -1.18. The highest BCUT2D eigenvalue weighted by Crippen LogP contribution is 2.16. The highest BCUT2D eigenvalue weighted by atomic mass is 35.5. The number of hydrogen-bond donors (Lipinski definition) is 2. The first-order valence-corrected chi connectivity index (χ1v) is 4.48. The van der Waals surface area contributed by atoms with E-state index in [9.17, 15) is 9.59 Å². The zero-order valence-electron chi connectivity index (χ0n) is 8.19. The predicted octanol–water partition coefficient (Wildman–Crippen LogP) is 0.335. The van der Waals surface area contributed by atoms with Gasteiger partial charge in [-0.2, -0.15) is 0 Å². The van der Waals surface area contributed by atoms with Gasteiger partial charge in [-0.05, 0) is 0 Å². The number of carbonyl (C=O) groups is 2. The fourth-order valence-electron chi connectivity index (χ4n) is 1.11. The summed E-state index contributed by atoms with van der Waals surface area (Å²) in [7, 11) is 1.57. The highest BCUT2D eigenvalue weighted by Gasteiger charge is 2.25. The van der Waals surface area contributed by atoms with Crippen LogP contribution in [0.2, 0.25) is 5.15 Å². The van der Waals surface area contributed by atoms with E-state index in [1.165, 1.54) is 17.7 Å². The van der Waals surface area contributed by atoms with Crippen LogP contribution in [0.3, 0.4) is 0 Å². The summed E-state index contributed by atoms with van der Waals surface area (Å²) < 4.78 is 1.40. The molecule has 1 aromatic heterocycles. The summed E-state index contributed by atoms with van der Waals surface area (Å²) in [5.74, 6) is -1.44. The third kappa shape index (κ3) is 2.47. The Labute approximate surface area is 90.9 Å². The molecule has 15 heavy (non-hydrogen) atoms. The van der Waals surface area contributed by atoms with Crippen molar-refractivity contribution in [3.05, 3.63) is 17.2 Å². The normalized spacial score (nSPS) is 12.2. The summed E-state index contributed by atoms with van der Waals surface area (Å²) in [5, 5.41) is 11.5. The number of nitrogens with one attached hydrogen (secondary N) is 1. The third-order valence-corrected chi connectivity index (χ3v) is 2.17. The van der Waals surface area contributed by atoms with Gasteiger partial charge in [-0.1, -0.05) is 11.6 Å². The molecule has 1 rings (SSSR count). The highest BCUT2D eigenvalue weighted by molar-refractivity contribution is 6.29. The third-order valence-electron chi connectivity index (χ3n) is 1.82. The summed E-state index contributed by atoms with van der Waals surface area (Å²) >= 11 is 5.71. The Morgan fingerprint density at radius 1 is 1.67 bits per heavy atom. The Morgan fingerprint density at radius 2 is 2.27 bits per heavy atom. The van der Waals surface area contributed by atoms with Gasteiger partial charge in [0.2, 0.25) is 5.91 Å². The van der Waals surface area contributed by atoms with Crippen molar-refractivity contribution in [1.29, 1.82) is 0 Å². The molecule has 1 heterocycles. The lowest BCUT2D eigenvalue weighted by atomic mass is 10.3. The Bertz CT molecular complexity index is 402. The molecule has 0 aliphatic rings. The zero-order chi connectivity index (χ0) is 11.6. The molecule has 0 saturated heterocycles. The molecule has 0 bridgehead atoms. The summed E-state index contributed by atoms with van der Waals surface area (Å²) in [4.78, 5) is 25.5. The number of imidazole rings is 1. The molecule has 0 saturated carbocycles. The summed E-state index contributed by atoms with van der Waals surface area (Å²) in [5.41, 5.74) is 0. The maximum absolute atomic E-state index is 10.9. The van der Waals surface area contributed by atoms with Gasteiger partial charge in [0.25, 0.3) is 0 Å². The van der Waals surface area contributed by atoms with Crippen LogP contribution in [0.25, 0.3) is 0 Å². The smallest absolute Gasteiger partial charge is 0.334 e.